The van der Waals surface area contributed by atoms with Crippen LogP contribution in [0, 0.1) is 0 Å². The average Bonchev–Trinajstić information content (AvgIpc) is 2.40. The number of carboxylic acid groups (broad SMARTS) is 1. The van der Waals surface area contributed by atoms with Crippen LogP contribution in [-0.2, 0) is 14.3 Å². The Kier molecular flexibility index (Phi) is 17.4. The number of hydrogen-bond acceptors (Lipinski definition) is 3. The highest BCUT2D eigenvalue weighted by molar-refractivity contribution is 5.86. The molecule has 0 rings (SSSR count). The largest absolute Gasteiger partial charge is 0.478 e. The van der Waals surface area contributed by atoms with Gasteiger partial charge in [0.1, 0.15) is 0 Å². The Morgan fingerprint density at radius 1 is 1.11 bits per heavy atom. The molecule has 4 heteroatoms. The summed E-state index contributed by atoms with van der Waals surface area (Å²) in [6, 6.07) is 0. The third-order valence-corrected chi connectivity index (χ3v) is 1.95. The number of ether oxygens (including phenoxy) is 2. The highest BCUT2D eigenvalue weighted by atomic mass is 16.5. The van der Waals surface area contributed by atoms with Crippen molar-refractivity contribution in [1.82, 2.24) is 0 Å². The summed E-state index contributed by atoms with van der Waals surface area (Å²) in [4.78, 5) is 10.4. The highest BCUT2D eigenvalue weighted by Crippen LogP contribution is 2.03. The van der Waals surface area contributed by atoms with Gasteiger partial charge in [-0.15, -0.1) is 13.2 Å². The standard InChI is InChI=1S/C9H12O2.C6H14O2/c1-3-5-7-8(6-4-2)9(10)11;1-3-7-5-6-8-4-2/h3-4,7H,1-2,5-6H2,(H,10,11);3-6H2,1-2H3. The van der Waals surface area contributed by atoms with Crippen LogP contribution in [0.5, 0.6) is 0 Å². The predicted octanol–water partition coefficient (Wildman–Crippen LogP) is 3.21. The molecule has 0 aromatic heterocycles. The van der Waals surface area contributed by atoms with E-state index in [1.807, 2.05) is 13.8 Å². The molecule has 110 valence electrons. The van der Waals surface area contributed by atoms with Gasteiger partial charge in [-0.05, 0) is 26.7 Å². The van der Waals surface area contributed by atoms with Gasteiger partial charge in [0.2, 0.25) is 0 Å². The minimum atomic E-state index is -0.883. The van der Waals surface area contributed by atoms with Crippen LogP contribution in [0.4, 0.5) is 0 Å². The minimum Gasteiger partial charge on any atom is -0.478 e. The van der Waals surface area contributed by atoms with Gasteiger partial charge in [-0.1, -0.05) is 18.2 Å². The number of rotatable bonds is 10. The molecule has 4 nitrogen and oxygen atoms in total. The van der Waals surface area contributed by atoms with Gasteiger partial charge in [-0.2, -0.15) is 0 Å². The molecule has 0 aliphatic carbocycles. The molecule has 0 aromatic carbocycles. The Balaban J connectivity index is 0. The molecule has 0 atom stereocenters. The Labute approximate surface area is 116 Å². The van der Waals surface area contributed by atoms with Crippen LogP contribution >= 0.6 is 0 Å². The number of aliphatic carboxylic acids is 1. The summed E-state index contributed by atoms with van der Waals surface area (Å²) in [6.45, 7) is 13.9. The summed E-state index contributed by atoms with van der Waals surface area (Å²) < 4.78 is 10.0. The molecule has 19 heavy (non-hydrogen) atoms. The number of carbonyl (C=O) groups is 1. The van der Waals surface area contributed by atoms with E-state index in [1.165, 1.54) is 0 Å². The molecule has 0 fully saturated rings. The second-order valence-electron chi connectivity index (χ2n) is 3.45. The lowest BCUT2D eigenvalue weighted by molar-refractivity contribution is -0.132. The van der Waals surface area contributed by atoms with E-state index in [-0.39, 0.29) is 0 Å². The maximum Gasteiger partial charge on any atom is 0.331 e. The van der Waals surface area contributed by atoms with Gasteiger partial charge in [-0.25, -0.2) is 4.79 Å². The van der Waals surface area contributed by atoms with Crippen molar-refractivity contribution in [3.05, 3.63) is 37.0 Å². The fourth-order valence-electron chi connectivity index (χ4n) is 1.05. The Bertz CT molecular complexity index is 263. The average molecular weight is 270 g/mol. The van der Waals surface area contributed by atoms with Crippen molar-refractivity contribution in [2.45, 2.75) is 26.7 Å². The van der Waals surface area contributed by atoms with Crippen molar-refractivity contribution < 1.29 is 19.4 Å². The van der Waals surface area contributed by atoms with Crippen molar-refractivity contribution in [1.29, 1.82) is 0 Å². The first kappa shape index (κ1) is 19.9. The fraction of sp³-hybridized carbons (Fsp3) is 0.533. The van der Waals surface area contributed by atoms with E-state index in [1.54, 1.807) is 18.2 Å². The first-order chi connectivity index (χ1) is 9.13. The van der Waals surface area contributed by atoms with Gasteiger partial charge in [0, 0.05) is 18.8 Å². The zero-order valence-electron chi connectivity index (χ0n) is 12.1. The third kappa shape index (κ3) is 16.6. The van der Waals surface area contributed by atoms with Crippen LogP contribution in [0.3, 0.4) is 0 Å². The summed E-state index contributed by atoms with van der Waals surface area (Å²) in [5.41, 5.74) is 0.375. The van der Waals surface area contributed by atoms with Crippen molar-refractivity contribution in [3.8, 4) is 0 Å². The van der Waals surface area contributed by atoms with E-state index < -0.39 is 5.97 Å². The molecule has 0 spiro atoms. The first-order valence-corrected chi connectivity index (χ1v) is 6.43. The molecular formula is C15H26O4. The SMILES string of the molecule is C=CCC=C(CC=C)C(=O)O.CCOCCOCC. The lowest BCUT2D eigenvalue weighted by Gasteiger charge is -1.99. The van der Waals surface area contributed by atoms with Gasteiger partial charge >= 0.3 is 5.97 Å². The van der Waals surface area contributed by atoms with E-state index in [0.717, 1.165) is 26.4 Å². The van der Waals surface area contributed by atoms with Crippen LogP contribution in [0.25, 0.3) is 0 Å². The molecule has 0 amide bonds. The van der Waals surface area contributed by atoms with Gasteiger partial charge < -0.3 is 14.6 Å². The van der Waals surface area contributed by atoms with E-state index in [9.17, 15) is 4.79 Å². The molecule has 0 heterocycles. The van der Waals surface area contributed by atoms with E-state index >= 15 is 0 Å². The molecule has 0 aliphatic heterocycles. The lowest BCUT2D eigenvalue weighted by Crippen LogP contribution is -2.02. The van der Waals surface area contributed by atoms with Gasteiger partial charge in [0.05, 0.1) is 13.2 Å². The van der Waals surface area contributed by atoms with E-state index in [4.69, 9.17) is 14.6 Å². The van der Waals surface area contributed by atoms with Gasteiger partial charge in [0.25, 0.3) is 0 Å². The lowest BCUT2D eigenvalue weighted by atomic mass is 10.1. The van der Waals surface area contributed by atoms with Crippen LogP contribution in [0.1, 0.15) is 26.7 Å². The second kappa shape index (κ2) is 16.6. The van der Waals surface area contributed by atoms with E-state index in [0.29, 0.717) is 18.4 Å². The monoisotopic (exact) mass is 270 g/mol. The molecule has 0 saturated carbocycles. The second-order valence-corrected chi connectivity index (χ2v) is 3.45. The number of hydrogen-bond donors (Lipinski definition) is 1. The van der Waals surface area contributed by atoms with Gasteiger partial charge in [-0.3, -0.25) is 0 Å². The fourth-order valence-corrected chi connectivity index (χ4v) is 1.05. The molecule has 0 aromatic rings. The van der Waals surface area contributed by atoms with Gasteiger partial charge in [0.15, 0.2) is 0 Å². The maximum absolute atomic E-state index is 10.4. The van der Waals surface area contributed by atoms with Crippen molar-refractivity contribution in [3.63, 3.8) is 0 Å². The molecule has 0 unspecified atom stereocenters. The molecule has 0 aliphatic rings. The summed E-state index contributed by atoms with van der Waals surface area (Å²) in [7, 11) is 0. The topological polar surface area (TPSA) is 55.8 Å². The number of carboxylic acids is 1. The Hall–Kier alpha value is -1.39. The smallest absolute Gasteiger partial charge is 0.331 e. The molecule has 0 bridgehead atoms. The Morgan fingerprint density at radius 3 is 1.95 bits per heavy atom. The summed E-state index contributed by atoms with van der Waals surface area (Å²) in [5.74, 6) is -0.883. The molecule has 0 radical (unpaired) electrons. The zero-order chi connectivity index (χ0) is 14.9. The van der Waals surface area contributed by atoms with Crippen LogP contribution in [0.2, 0.25) is 0 Å². The van der Waals surface area contributed by atoms with Crippen LogP contribution in [0.15, 0.2) is 37.0 Å². The third-order valence-electron chi connectivity index (χ3n) is 1.95. The van der Waals surface area contributed by atoms with Crippen molar-refractivity contribution in [2.75, 3.05) is 26.4 Å². The number of allylic oxidation sites excluding steroid dienone is 3. The summed E-state index contributed by atoms with van der Waals surface area (Å²) in [5, 5.41) is 8.58. The quantitative estimate of drug-likeness (QED) is 0.376. The molecular weight excluding hydrogens is 244 g/mol. The molecule has 1 N–H and O–H groups in total. The zero-order valence-corrected chi connectivity index (χ0v) is 12.1. The summed E-state index contributed by atoms with van der Waals surface area (Å²) >= 11 is 0. The minimum absolute atomic E-state index is 0.375. The van der Waals surface area contributed by atoms with Crippen LogP contribution in [-0.4, -0.2) is 37.5 Å². The van der Waals surface area contributed by atoms with Crippen LogP contribution < -0.4 is 0 Å². The Morgan fingerprint density at radius 2 is 1.63 bits per heavy atom. The van der Waals surface area contributed by atoms with Crippen molar-refractivity contribution in [2.24, 2.45) is 0 Å². The maximum atomic E-state index is 10.4. The molecule has 0 saturated heterocycles. The summed E-state index contributed by atoms with van der Waals surface area (Å²) in [6.07, 6.45) is 5.87. The predicted molar refractivity (Wildman–Crippen MR) is 78.3 cm³/mol. The van der Waals surface area contributed by atoms with E-state index in [2.05, 4.69) is 13.2 Å². The first-order valence-electron chi connectivity index (χ1n) is 6.43. The van der Waals surface area contributed by atoms with Crippen molar-refractivity contribution >= 4 is 5.97 Å². The normalized spacial score (nSPS) is 10.3. The highest BCUT2D eigenvalue weighted by Gasteiger charge is 2.02.